The fraction of sp³-hybridized carbons (Fsp3) is 0.353. The standard InChI is InChI=1S/C17H20FN5O2/c1-10-8-23(9-11(2)25-10)14-4-3-12(7-13(14)18)22-17(24)15-16(19)21-6-5-20-15/h3-7,10-11H,8-9H2,1-2H3,(H2,19,21)(H,22,24)/t10-,11+. The van der Waals surface area contributed by atoms with E-state index < -0.39 is 11.7 Å². The highest BCUT2D eigenvalue weighted by Gasteiger charge is 2.24. The number of ether oxygens (including phenoxy) is 1. The number of nitrogen functional groups attached to an aromatic ring is 1. The molecule has 1 saturated heterocycles. The molecule has 0 spiro atoms. The maximum atomic E-state index is 14.5. The molecule has 25 heavy (non-hydrogen) atoms. The summed E-state index contributed by atoms with van der Waals surface area (Å²) in [6.45, 7) is 5.15. The van der Waals surface area contributed by atoms with Crippen molar-refractivity contribution in [3.63, 3.8) is 0 Å². The predicted molar refractivity (Wildman–Crippen MR) is 93.0 cm³/mol. The molecule has 0 bridgehead atoms. The average molecular weight is 345 g/mol. The zero-order chi connectivity index (χ0) is 18.0. The van der Waals surface area contributed by atoms with Crippen molar-refractivity contribution in [3.05, 3.63) is 42.1 Å². The molecule has 0 radical (unpaired) electrons. The van der Waals surface area contributed by atoms with E-state index in [1.54, 1.807) is 12.1 Å². The number of hydrogen-bond acceptors (Lipinski definition) is 6. The molecule has 0 aliphatic carbocycles. The summed E-state index contributed by atoms with van der Waals surface area (Å²) < 4.78 is 20.2. The van der Waals surface area contributed by atoms with Crippen LogP contribution in [0.2, 0.25) is 0 Å². The number of nitrogens with two attached hydrogens (primary N) is 1. The van der Waals surface area contributed by atoms with Gasteiger partial charge in [0.25, 0.3) is 5.91 Å². The number of halogens is 1. The van der Waals surface area contributed by atoms with Crippen LogP contribution in [0.25, 0.3) is 0 Å². The van der Waals surface area contributed by atoms with E-state index in [1.165, 1.54) is 18.5 Å². The molecule has 2 aromatic rings. The quantitative estimate of drug-likeness (QED) is 0.884. The Balaban J connectivity index is 1.76. The second-order valence-electron chi connectivity index (χ2n) is 6.07. The van der Waals surface area contributed by atoms with E-state index in [4.69, 9.17) is 10.5 Å². The minimum absolute atomic E-state index is 0.00261. The Hall–Kier alpha value is -2.74. The number of aromatic nitrogens is 2. The van der Waals surface area contributed by atoms with Gasteiger partial charge in [0.15, 0.2) is 11.5 Å². The molecule has 2 heterocycles. The highest BCUT2D eigenvalue weighted by atomic mass is 19.1. The number of carbonyl (C=O) groups is 1. The molecule has 1 aliphatic heterocycles. The molecule has 8 heteroatoms. The number of morpholine rings is 1. The summed E-state index contributed by atoms with van der Waals surface area (Å²) in [6.07, 6.45) is 2.82. The zero-order valence-electron chi connectivity index (χ0n) is 14.1. The summed E-state index contributed by atoms with van der Waals surface area (Å²) >= 11 is 0. The third-order valence-electron chi connectivity index (χ3n) is 3.91. The van der Waals surface area contributed by atoms with Gasteiger partial charge in [-0.25, -0.2) is 14.4 Å². The Morgan fingerprint density at radius 2 is 1.96 bits per heavy atom. The monoisotopic (exact) mass is 345 g/mol. The summed E-state index contributed by atoms with van der Waals surface area (Å²) in [5.74, 6) is -0.925. The van der Waals surface area contributed by atoms with Crippen molar-refractivity contribution in [2.45, 2.75) is 26.1 Å². The van der Waals surface area contributed by atoms with E-state index in [1.807, 2.05) is 18.7 Å². The molecule has 132 valence electrons. The van der Waals surface area contributed by atoms with Crippen LogP contribution in [-0.4, -0.2) is 41.2 Å². The molecule has 7 nitrogen and oxygen atoms in total. The SMILES string of the molecule is C[C@@H]1CN(c2ccc(NC(=O)c3nccnc3N)cc2F)C[C@H](C)O1. The molecule has 2 atom stereocenters. The molecule has 3 N–H and O–H groups in total. The number of benzene rings is 1. The van der Waals surface area contributed by atoms with E-state index in [9.17, 15) is 9.18 Å². The van der Waals surface area contributed by atoms with Crippen molar-refractivity contribution in [2.75, 3.05) is 29.0 Å². The molecule has 1 amide bonds. The average Bonchev–Trinajstić information content (AvgIpc) is 2.54. The molecule has 1 aliphatic rings. The second-order valence-corrected chi connectivity index (χ2v) is 6.07. The van der Waals surface area contributed by atoms with E-state index >= 15 is 0 Å². The summed E-state index contributed by atoms with van der Waals surface area (Å²) in [6, 6.07) is 4.58. The topological polar surface area (TPSA) is 93.4 Å². The number of nitrogens with one attached hydrogen (secondary N) is 1. The maximum Gasteiger partial charge on any atom is 0.278 e. The Labute approximate surface area is 145 Å². The first-order chi connectivity index (χ1) is 11.9. The maximum absolute atomic E-state index is 14.5. The smallest absolute Gasteiger partial charge is 0.278 e. The largest absolute Gasteiger partial charge is 0.382 e. The van der Waals surface area contributed by atoms with Crippen molar-refractivity contribution in [1.29, 1.82) is 0 Å². The Morgan fingerprint density at radius 3 is 2.60 bits per heavy atom. The Bertz CT molecular complexity index is 775. The summed E-state index contributed by atoms with van der Waals surface area (Å²) in [7, 11) is 0. The van der Waals surface area contributed by atoms with Gasteiger partial charge in [0.05, 0.1) is 17.9 Å². The first-order valence-corrected chi connectivity index (χ1v) is 8.02. The van der Waals surface area contributed by atoms with Gasteiger partial charge in [0.1, 0.15) is 5.82 Å². The van der Waals surface area contributed by atoms with Crippen LogP contribution in [0.4, 0.5) is 21.6 Å². The van der Waals surface area contributed by atoms with Gasteiger partial charge < -0.3 is 20.7 Å². The lowest BCUT2D eigenvalue weighted by Crippen LogP contribution is -2.45. The number of amides is 1. The fourth-order valence-electron chi connectivity index (χ4n) is 2.93. The van der Waals surface area contributed by atoms with Crippen LogP contribution >= 0.6 is 0 Å². The van der Waals surface area contributed by atoms with Gasteiger partial charge in [-0.2, -0.15) is 0 Å². The van der Waals surface area contributed by atoms with Crippen LogP contribution in [0.3, 0.4) is 0 Å². The number of hydrogen-bond donors (Lipinski definition) is 2. The number of carbonyl (C=O) groups excluding carboxylic acids is 1. The van der Waals surface area contributed by atoms with Gasteiger partial charge >= 0.3 is 0 Å². The normalized spacial score (nSPS) is 20.4. The predicted octanol–water partition coefficient (Wildman–Crippen LogP) is 2.06. The molecular formula is C17H20FN5O2. The molecule has 1 aromatic carbocycles. The summed E-state index contributed by atoms with van der Waals surface area (Å²) in [4.78, 5) is 21.8. The molecule has 0 unspecified atom stereocenters. The lowest BCUT2D eigenvalue weighted by Gasteiger charge is -2.37. The molecule has 3 rings (SSSR count). The van der Waals surface area contributed by atoms with E-state index in [0.29, 0.717) is 24.5 Å². The highest BCUT2D eigenvalue weighted by molar-refractivity contribution is 6.05. The Morgan fingerprint density at radius 1 is 1.28 bits per heavy atom. The number of nitrogens with zero attached hydrogens (tertiary/aromatic N) is 3. The molecule has 1 fully saturated rings. The molecular weight excluding hydrogens is 325 g/mol. The van der Waals surface area contributed by atoms with Crippen LogP contribution < -0.4 is 16.0 Å². The van der Waals surface area contributed by atoms with E-state index in [-0.39, 0.29) is 23.7 Å². The van der Waals surface area contributed by atoms with Crippen molar-refractivity contribution >= 4 is 23.1 Å². The van der Waals surface area contributed by atoms with Crippen LogP contribution in [0.1, 0.15) is 24.3 Å². The van der Waals surface area contributed by atoms with Gasteiger partial charge in [-0.3, -0.25) is 4.79 Å². The fourth-order valence-corrected chi connectivity index (χ4v) is 2.93. The summed E-state index contributed by atoms with van der Waals surface area (Å²) in [5, 5.41) is 2.58. The Kier molecular flexibility index (Phi) is 4.80. The van der Waals surface area contributed by atoms with Gasteiger partial charge in [0, 0.05) is 31.2 Å². The van der Waals surface area contributed by atoms with E-state index in [2.05, 4.69) is 15.3 Å². The zero-order valence-corrected chi connectivity index (χ0v) is 14.1. The van der Waals surface area contributed by atoms with Gasteiger partial charge in [-0.05, 0) is 32.0 Å². The van der Waals surface area contributed by atoms with Crippen LogP contribution in [-0.2, 0) is 4.74 Å². The first kappa shape index (κ1) is 17.1. The van der Waals surface area contributed by atoms with Crippen molar-refractivity contribution in [2.24, 2.45) is 0 Å². The minimum atomic E-state index is -0.536. The second kappa shape index (κ2) is 7.02. The van der Waals surface area contributed by atoms with Crippen molar-refractivity contribution in [3.8, 4) is 0 Å². The van der Waals surface area contributed by atoms with E-state index in [0.717, 1.165) is 0 Å². The van der Waals surface area contributed by atoms with Gasteiger partial charge in [-0.15, -0.1) is 0 Å². The third-order valence-corrected chi connectivity index (χ3v) is 3.91. The summed E-state index contributed by atoms with van der Waals surface area (Å²) in [5.41, 5.74) is 6.44. The van der Waals surface area contributed by atoms with Crippen LogP contribution in [0, 0.1) is 5.82 Å². The first-order valence-electron chi connectivity index (χ1n) is 8.02. The van der Waals surface area contributed by atoms with Crippen LogP contribution in [0.15, 0.2) is 30.6 Å². The minimum Gasteiger partial charge on any atom is -0.382 e. The van der Waals surface area contributed by atoms with Crippen molar-refractivity contribution in [1.82, 2.24) is 9.97 Å². The number of anilines is 3. The van der Waals surface area contributed by atoms with Gasteiger partial charge in [0.2, 0.25) is 0 Å². The van der Waals surface area contributed by atoms with Crippen LogP contribution in [0.5, 0.6) is 0 Å². The van der Waals surface area contributed by atoms with Crippen molar-refractivity contribution < 1.29 is 13.9 Å². The lowest BCUT2D eigenvalue weighted by atomic mass is 10.2. The third kappa shape index (κ3) is 3.85. The molecule has 1 aromatic heterocycles. The highest BCUT2D eigenvalue weighted by Crippen LogP contribution is 2.26. The number of rotatable bonds is 3. The lowest BCUT2D eigenvalue weighted by molar-refractivity contribution is -0.00539. The molecule has 0 saturated carbocycles. The van der Waals surface area contributed by atoms with Gasteiger partial charge in [-0.1, -0.05) is 0 Å².